The van der Waals surface area contributed by atoms with Gasteiger partial charge in [-0.05, 0) is 148 Å². The van der Waals surface area contributed by atoms with Gasteiger partial charge in [0.25, 0.3) is 0 Å². The number of carbonyl (C=O) groups excluding carboxylic acids is 2. The van der Waals surface area contributed by atoms with Crippen molar-refractivity contribution in [3.63, 3.8) is 0 Å². The van der Waals surface area contributed by atoms with Gasteiger partial charge in [0, 0.05) is 52.7 Å². The molecule has 67 heavy (non-hydrogen) atoms. The van der Waals surface area contributed by atoms with Crippen LogP contribution in [0, 0.1) is 87.3 Å². The molecule has 1 aromatic carbocycles. The third-order valence-electron chi connectivity index (χ3n) is 22.2. The summed E-state index contributed by atoms with van der Waals surface area (Å²) in [5.74, 6) is 4.98. The van der Waals surface area contributed by atoms with Crippen LogP contribution < -0.4 is 5.32 Å². The number of nitrogens with one attached hydrogen (secondary N) is 1. The summed E-state index contributed by atoms with van der Waals surface area (Å²) in [6, 6.07) is 5.60. The number of benzene rings is 1. The van der Waals surface area contributed by atoms with Crippen LogP contribution in [-0.4, -0.2) is 91.6 Å². The van der Waals surface area contributed by atoms with Crippen LogP contribution in [0.1, 0.15) is 146 Å². The quantitative estimate of drug-likeness (QED) is 0.0477. The van der Waals surface area contributed by atoms with Gasteiger partial charge in [-0.15, -0.1) is 0 Å². The molecule has 1 aromatic rings. The van der Waals surface area contributed by atoms with Gasteiger partial charge in [-0.2, -0.15) is 0 Å². The molecule has 11 rings (SSSR count). The molecule has 364 valence electrons. The van der Waals surface area contributed by atoms with Gasteiger partial charge in [-0.1, -0.05) is 88.0 Å². The Morgan fingerprint density at radius 1 is 0.955 bits per heavy atom. The van der Waals surface area contributed by atoms with E-state index in [0.29, 0.717) is 68.8 Å². The summed E-state index contributed by atoms with van der Waals surface area (Å²) >= 11 is 0. The van der Waals surface area contributed by atoms with E-state index in [4.69, 9.17) is 4.74 Å². The molecule has 10 heteroatoms. The van der Waals surface area contributed by atoms with Crippen molar-refractivity contribution in [3.8, 4) is 11.8 Å². The Morgan fingerprint density at radius 2 is 1.76 bits per heavy atom. The molecule has 0 saturated heterocycles. The second kappa shape index (κ2) is 16.9. The van der Waals surface area contributed by atoms with Crippen molar-refractivity contribution in [2.75, 3.05) is 13.7 Å². The average molecular weight is 920 g/mol. The van der Waals surface area contributed by atoms with Crippen molar-refractivity contribution in [2.24, 2.45) is 75.4 Å². The molecule has 7 N–H and O–H groups in total. The van der Waals surface area contributed by atoms with Gasteiger partial charge in [0.2, 0.25) is 0 Å². The third-order valence-corrected chi connectivity index (χ3v) is 22.2. The number of aliphatic hydroxyl groups excluding tert-OH is 3. The predicted molar refractivity (Wildman–Crippen MR) is 252 cm³/mol. The first-order valence-electron chi connectivity index (χ1n) is 26.7. The largest absolute Gasteiger partial charge is 0.454 e. The highest BCUT2D eigenvalue weighted by Crippen LogP contribution is 2.81. The first-order valence-corrected chi connectivity index (χ1v) is 26.7. The van der Waals surface area contributed by atoms with Crippen LogP contribution >= 0.6 is 0 Å². The van der Waals surface area contributed by atoms with Crippen LogP contribution in [0.25, 0.3) is 0 Å². The fourth-order valence-corrected chi connectivity index (χ4v) is 19.6. The number of allylic oxidation sites excluding steroid dienone is 2. The number of fused-ring (bicyclic) bond motifs is 8. The Labute approximate surface area is 397 Å². The lowest BCUT2D eigenvalue weighted by atomic mass is 9.34. The van der Waals surface area contributed by atoms with Crippen molar-refractivity contribution >= 4 is 12.3 Å². The first-order chi connectivity index (χ1) is 32.3. The fourth-order valence-electron chi connectivity index (χ4n) is 19.6. The minimum Gasteiger partial charge on any atom is -0.454 e. The highest BCUT2D eigenvalue weighted by Gasteiger charge is 2.86. The van der Waals surface area contributed by atoms with Gasteiger partial charge >= 0.3 is 5.97 Å². The van der Waals surface area contributed by atoms with Gasteiger partial charge < -0.3 is 45.5 Å². The highest BCUT2D eigenvalue weighted by atomic mass is 16.5. The van der Waals surface area contributed by atoms with E-state index in [1.807, 2.05) is 25.2 Å². The molecule has 18 unspecified atom stereocenters. The van der Waals surface area contributed by atoms with Gasteiger partial charge in [-0.25, -0.2) is 4.79 Å². The molecule has 1 aliphatic heterocycles. The lowest BCUT2D eigenvalue weighted by Crippen LogP contribution is -2.82. The summed E-state index contributed by atoms with van der Waals surface area (Å²) < 4.78 is 6.34. The van der Waals surface area contributed by atoms with Crippen molar-refractivity contribution < 1.29 is 45.0 Å². The number of esters is 1. The second-order valence-electron chi connectivity index (χ2n) is 24.0. The van der Waals surface area contributed by atoms with E-state index >= 15 is 0 Å². The lowest BCUT2D eigenvalue weighted by Gasteiger charge is -2.73. The van der Waals surface area contributed by atoms with E-state index in [2.05, 4.69) is 36.2 Å². The molecule has 7 saturated carbocycles. The zero-order valence-corrected chi connectivity index (χ0v) is 40.0. The molecule has 10 nitrogen and oxygen atoms in total. The zero-order valence-electron chi connectivity index (χ0n) is 40.0. The minimum atomic E-state index is -1.86. The lowest BCUT2D eigenvalue weighted by molar-refractivity contribution is -0.352. The summed E-state index contributed by atoms with van der Waals surface area (Å²) in [6.07, 6.45) is 19.3. The van der Waals surface area contributed by atoms with E-state index < -0.39 is 69.0 Å². The first kappa shape index (κ1) is 46.5. The summed E-state index contributed by atoms with van der Waals surface area (Å²) in [5.41, 5.74) is -5.80. The number of ether oxygens (including phenoxy) is 1. The van der Waals surface area contributed by atoms with Crippen LogP contribution in [0.3, 0.4) is 0 Å². The molecule has 0 amide bonds. The van der Waals surface area contributed by atoms with Crippen LogP contribution in [0.5, 0.6) is 0 Å². The maximum atomic E-state index is 14.8. The van der Waals surface area contributed by atoms with Crippen molar-refractivity contribution in [1.82, 2.24) is 5.32 Å². The Hall–Kier alpha value is -2.88. The summed E-state index contributed by atoms with van der Waals surface area (Å²) in [6.45, 7) is 1.68. The SMILES string of the molecule is CCCCCC1CC2(C=O)C3CCC45CCC#Cc6cccc(CO)c6CC(NC)C6CC(CC4(O)C3(O)CC3CC4C(C=CCC4C4CCCC4)CC(C1O)C32O)C5(CO)C1=CC(=O)OC16. The molecule has 9 aliphatic carbocycles. The van der Waals surface area contributed by atoms with E-state index in [1.54, 1.807) is 6.08 Å². The van der Waals surface area contributed by atoms with Crippen LogP contribution in [0.2, 0.25) is 0 Å². The highest BCUT2D eigenvalue weighted by molar-refractivity contribution is 5.87. The number of rotatable bonds is 9. The number of carbonyl (C=O) groups is 2. The monoisotopic (exact) mass is 920 g/mol. The summed E-state index contributed by atoms with van der Waals surface area (Å²) in [7, 11) is 1.91. The number of unbranched alkanes of at least 4 members (excludes halogenated alkanes) is 2. The summed E-state index contributed by atoms with van der Waals surface area (Å²) in [5, 5.41) is 82.5. The molecule has 4 bridgehead atoms. The number of likely N-dealkylation sites (N-methyl/N-ethyl adjacent to an activating group) is 1. The standard InChI is InChI=1S/C57H77NO9/c1-3-4-5-15-37-28-52(32-60)48-20-22-53-21-9-8-14-35-16-10-18-38(31-59)42(35)26-47(58-2)44-24-39(54(53,33-61)46-27-49(62)67-51(44)46)30-56(53,65)55(48,64)29-40-25-43-36(23-45(50(37)63)57(40,52)66)17-11-19-41(43)34-12-6-7-13-34/h10-11,16-18,27,32,34,36-37,39-41,43-45,47-48,50-51,58-59,61,63-66H,3-7,9,12-13,15,19-26,28-31,33H2,1-2H3. The second-order valence-corrected chi connectivity index (χ2v) is 24.0. The molecule has 0 radical (unpaired) electrons. The topological polar surface area (TPSA) is 177 Å². The molecule has 10 aliphatic rings. The third kappa shape index (κ3) is 6.13. The number of aliphatic hydroxyl groups is 6. The molecular weight excluding hydrogens is 843 g/mol. The fraction of sp³-hybridized carbons (Fsp3) is 0.754. The van der Waals surface area contributed by atoms with Crippen LogP contribution in [-0.2, 0) is 27.4 Å². The van der Waals surface area contributed by atoms with E-state index in [9.17, 15) is 40.2 Å². The molecule has 7 fully saturated rings. The number of aldehydes is 1. The molecule has 1 heterocycles. The van der Waals surface area contributed by atoms with Gasteiger partial charge in [-0.3, -0.25) is 0 Å². The van der Waals surface area contributed by atoms with Crippen molar-refractivity contribution in [3.05, 3.63) is 58.7 Å². The van der Waals surface area contributed by atoms with Crippen molar-refractivity contribution in [2.45, 2.75) is 177 Å². The van der Waals surface area contributed by atoms with E-state index in [0.717, 1.165) is 55.1 Å². The smallest absolute Gasteiger partial charge is 0.331 e. The molecular formula is C57H77NO9. The van der Waals surface area contributed by atoms with Crippen molar-refractivity contribution in [1.29, 1.82) is 0 Å². The average Bonchev–Trinajstić information content (AvgIpc) is 4.04. The van der Waals surface area contributed by atoms with Gasteiger partial charge in [0.05, 0.1) is 35.9 Å². The Balaban J connectivity index is 1.10. The van der Waals surface area contributed by atoms with Crippen LogP contribution in [0.15, 0.2) is 42.0 Å². The Kier molecular flexibility index (Phi) is 11.7. The molecule has 0 aromatic heterocycles. The molecule has 18 atom stereocenters. The zero-order chi connectivity index (χ0) is 46.7. The van der Waals surface area contributed by atoms with Gasteiger partial charge in [0.1, 0.15) is 18.0 Å². The van der Waals surface area contributed by atoms with E-state index in [1.165, 1.54) is 25.7 Å². The normalized spacial score (nSPS) is 48.3. The van der Waals surface area contributed by atoms with Gasteiger partial charge in [0.15, 0.2) is 0 Å². The molecule has 1 spiro atoms. The number of hydrogen-bond acceptors (Lipinski definition) is 10. The van der Waals surface area contributed by atoms with Crippen LogP contribution in [0.4, 0.5) is 0 Å². The number of hydrogen-bond donors (Lipinski definition) is 7. The van der Waals surface area contributed by atoms with E-state index in [-0.39, 0.29) is 68.1 Å². The predicted octanol–water partition coefficient (Wildman–Crippen LogP) is 6.49. The Morgan fingerprint density at radius 3 is 2.51 bits per heavy atom. The minimum absolute atomic E-state index is 0.0910. The summed E-state index contributed by atoms with van der Waals surface area (Å²) in [4.78, 5) is 28.6. The maximum Gasteiger partial charge on any atom is 0.331 e. The Bertz CT molecular complexity index is 2240. The maximum absolute atomic E-state index is 14.8.